The van der Waals surface area contributed by atoms with Crippen molar-refractivity contribution in [3.05, 3.63) is 79.0 Å². The summed E-state index contributed by atoms with van der Waals surface area (Å²) in [6, 6.07) is 13.6. The number of nitrogens with zero attached hydrogens (tertiary/aromatic N) is 2. The van der Waals surface area contributed by atoms with Crippen LogP contribution in [0, 0.1) is 5.82 Å². The molecule has 6 nitrogen and oxygen atoms in total. The lowest BCUT2D eigenvalue weighted by molar-refractivity contribution is -0.116. The lowest BCUT2D eigenvalue weighted by atomic mass is 10.1. The third-order valence-electron chi connectivity index (χ3n) is 4.14. The standard InChI is InChI=1S/C21H16FN3O3/c22-17-4-2-1-3-16(17)19-12-24-21(28-19)10-9-20(26)25-15-7-5-14(6-8-15)18-11-23-13-27-18/h1-8,11-13H,9-10H2,(H,25,26). The largest absolute Gasteiger partial charge is 0.444 e. The van der Waals surface area contributed by atoms with Crippen LogP contribution < -0.4 is 5.32 Å². The first kappa shape index (κ1) is 17.7. The Morgan fingerprint density at radius 3 is 2.61 bits per heavy atom. The fourth-order valence-corrected chi connectivity index (χ4v) is 2.73. The molecule has 28 heavy (non-hydrogen) atoms. The van der Waals surface area contributed by atoms with Crippen LogP contribution >= 0.6 is 0 Å². The summed E-state index contributed by atoms with van der Waals surface area (Å²) < 4.78 is 24.6. The number of carbonyl (C=O) groups is 1. The molecule has 0 saturated carbocycles. The number of aryl methyl sites for hydroxylation is 1. The van der Waals surface area contributed by atoms with Gasteiger partial charge in [-0.25, -0.2) is 14.4 Å². The number of oxazole rings is 2. The van der Waals surface area contributed by atoms with Crippen LogP contribution in [-0.4, -0.2) is 15.9 Å². The van der Waals surface area contributed by atoms with Crippen LogP contribution in [0.1, 0.15) is 12.3 Å². The van der Waals surface area contributed by atoms with Gasteiger partial charge in [-0.15, -0.1) is 0 Å². The predicted molar refractivity (Wildman–Crippen MR) is 101 cm³/mol. The second-order valence-electron chi connectivity index (χ2n) is 6.09. The lowest BCUT2D eigenvalue weighted by Gasteiger charge is -2.05. The van der Waals surface area contributed by atoms with Crippen molar-refractivity contribution in [2.45, 2.75) is 12.8 Å². The van der Waals surface area contributed by atoms with Gasteiger partial charge in [0.05, 0.1) is 18.0 Å². The molecule has 1 N–H and O–H groups in total. The van der Waals surface area contributed by atoms with E-state index in [4.69, 9.17) is 8.83 Å². The number of rotatable bonds is 6. The molecule has 0 aliphatic carbocycles. The van der Waals surface area contributed by atoms with Gasteiger partial charge in [0.1, 0.15) is 5.82 Å². The molecule has 1 amide bonds. The van der Waals surface area contributed by atoms with Gasteiger partial charge in [0.25, 0.3) is 0 Å². The summed E-state index contributed by atoms with van der Waals surface area (Å²) >= 11 is 0. The Kier molecular flexibility index (Phi) is 4.97. The molecular weight excluding hydrogens is 361 g/mol. The van der Waals surface area contributed by atoms with Crippen molar-refractivity contribution in [1.82, 2.24) is 9.97 Å². The molecule has 0 aliphatic heterocycles. The van der Waals surface area contributed by atoms with Crippen LogP contribution in [0.4, 0.5) is 10.1 Å². The molecule has 0 bridgehead atoms. The van der Waals surface area contributed by atoms with E-state index in [0.29, 0.717) is 35.1 Å². The summed E-state index contributed by atoms with van der Waals surface area (Å²) in [5, 5.41) is 2.82. The van der Waals surface area contributed by atoms with Crippen LogP contribution in [-0.2, 0) is 11.2 Å². The number of nitrogens with one attached hydrogen (secondary N) is 1. The molecule has 4 rings (SSSR count). The van der Waals surface area contributed by atoms with E-state index in [1.807, 2.05) is 12.1 Å². The van der Waals surface area contributed by atoms with Crippen molar-refractivity contribution < 1.29 is 18.0 Å². The summed E-state index contributed by atoms with van der Waals surface area (Å²) in [6.45, 7) is 0. The first-order valence-corrected chi connectivity index (χ1v) is 8.67. The van der Waals surface area contributed by atoms with E-state index in [-0.39, 0.29) is 18.1 Å². The monoisotopic (exact) mass is 377 g/mol. The Hall–Kier alpha value is -3.74. The number of anilines is 1. The molecular formula is C21H16FN3O3. The topological polar surface area (TPSA) is 81.2 Å². The lowest BCUT2D eigenvalue weighted by Crippen LogP contribution is -2.12. The molecule has 4 aromatic rings. The Morgan fingerprint density at radius 1 is 1.04 bits per heavy atom. The Balaban J connectivity index is 1.33. The van der Waals surface area contributed by atoms with Gasteiger partial charge in [0.15, 0.2) is 23.8 Å². The quantitative estimate of drug-likeness (QED) is 0.526. The van der Waals surface area contributed by atoms with Crippen molar-refractivity contribution in [2.24, 2.45) is 0 Å². The van der Waals surface area contributed by atoms with E-state index in [2.05, 4.69) is 15.3 Å². The molecule has 2 aromatic heterocycles. The summed E-state index contributed by atoms with van der Waals surface area (Å²) in [7, 11) is 0. The van der Waals surface area contributed by atoms with E-state index in [9.17, 15) is 9.18 Å². The Labute approximate surface area is 160 Å². The van der Waals surface area contributed by atoms with Crippen LogP contribution in [0.2, 0.25) is 0 Å². The van der Waals surface area contributed by atoms with Crippen LogP contribution in [0.15, 0.2) is 76.2 Å². The molecule has 0 radical (unpaired) electrons. The van der Waals surface area contributed by atoms with Crippen LogP contribution in [0.3, 0.4) is 0 Å². The normalized spacial score (nSPS) is 10.8. The minimum atomic E-state index is -0.378. The fourth-order valence-electron chi connectivity index (χ4n) is 2.73. The highest BCUT2D eigenvalue weighted by Crippen LogP contribution is 2.24. The number of halogens is 1. The van der Waals surface area contributed by atoms with Crippen molar-refractivity contribution in [3.8, 4) is 22.6 Å². The zero-order valence-electron chi connectivity index (χ0n) is 14.8. The molecule has 0 spiro atoms. The molecule has 0 unspecified atom stereocenters. The highest BCUT2D eigenvalue weighted by molar-refractivity contribution is 5.91. The minimum absolute atomic E-state index is 0.168. The first-order chi connectivity index (χ1) is 13.7. The van der Waals surface area contributed by atoms with E-state index in [1.54, 1.807) is 36.5 Å². The zero-order valence-corrected chi connectivity index (χ0v) is 14.8. The minimum Gasteiger partial charge on any atom is -0.444 e. The number of hydrogen-bond donors (Lipinski definition) is 1. The average molecular weight is 377 g/mol. The number of amides is 1. The number of aromatic nitrogens is 2. The van der Waals surface area contributed by atoms with Gasteiger partial charge in [-0.3, -0.25) is 4.79 Å². The highest BCUT2D eigenvalue weighted by atomic mass is 19.1. The van der Waals surface area contributed by atoms with E-state index >= 15 is 0 Å². The van der Waals surface area contributed by atoms with Crippen molar-refractivity contribution in [2.75, 3.05) is 5.32 Å². The van der Waals surface area contributed by atoms with Gasteiger partial charge in [-0.1, -0.05) is 12.1 Å². The SMILES string of the molecule is O=C(CCc1ncc(-c2ccccc2F)o1)Nc1ccc(-c2cnco2)cc1. The van der Waals surface area contributed by atoms with E-state index < -0.39 is 0 Å². The van der Waals surface area contributed by atoms with Crippen LogP contribution in [0.5, 0.6) is 0 Å². The maximum absolute atomic E-state index is 13.8. The van der Waals surface area contributed by atoms with Crippen molar-refractivity contribution in [1.29, 1.82) is 0 Å². The zero-order chi connectivity index (χ0) is 19.3. The van der Waals surface area contributed by atoms with Gasteiger partial charge in [-0.05, 0) is 36.4 Å². The van der Waals surface area contributed by atoms with Crippen molar-refractivity contribution in [3.63, 3.8) is 0 Å². The summed E-state index contributed by atoms with van der Waals surface area (Å²) in [4.78, 5) is 20.2. The van der Waals surface area contributed by atoms with E-state index in [0.717, 1.165) is 5.56 Å². The smallest absolute Gasteiger partial charge is 0.224 e. The van der Waals surface area contributed by atoms with Crippen molar-refractivity contribution >= 4 is 11.6 Å². The number of carbonyl (C=O) groups excluding carboxylic acids is 1. The first-order valence-electron chi connectivity index (χ1n) is 8.67. The Bertz CT molecular complexity index is 1070. The van der Waals surface area contributed by atoms with Gasteiger partial charge in [0.2, 0.25) is 5.91 Å². The van der Waals surface area contributed by atoms with Gasteiger partial charge in [-0.2, -0.15) is 0 Å². The maximum Gasteiger partial charge on any atom is 0.224 e. The molecule has 0 atom stereocenters. The third kappa shape index (κ3) is 3.98. The predicted octanol–water partition coefficient (Wildman–Crippen LogP) is 4.71. The average Bonchev–Trinajstić information content (AvgIpc) is 3.40. The summed E-state index contributed by atoms with van der Waals surface area (Å²) in [5.74, 6) is 0.841. The number of benzene rings is 2. The van der Waals surface area contributed by atoms with Gasteiger partial charge in [0, 0.05) is 24.1 Å². The molecule has 0 aliphatic rings. The highest BCUT2D eigenvalue weighted by Gasteiger charge is 2.12. The van der Waals surface area contributed by atoms with Gasteiger partial charge < -0.3 is 14.2 Å². The summed E-state index contributed by atoms with van der Waals surface area (Å²) in [5.41, 5.74) is 1.89. The fraction of sp³-hybridized carbons (Fsp3) is 0.0952. The third-order valence-corrected chi connectivity index (χ3v) is 4.14. The number of hydrogen-bond acceptors (Lipinski definition) is 5. The molecule has 2 aromatic carbocycles. The molecule has 0 fully saturated rings. The van der Waals surface area contributed by atoms with Gasteiger partial charge >= 0.3 is 0 Å². The maximum atomic E-state index is 13.8. The summed E-state index contributed by atoms with van der Waals surface area (Å²) in [6.07, 6.45) is 4.97. The second-order valence-corrected chi connectivity index (χ2v) is 6.09. The Morgan fingerprint density at radius 2 is 1.86 bits per heavy atom. The second kappa shape index (κ2) is 7.87. The van der Waals surface area contributed by atoms with E-state index in [1.165, 1.54) is 18.7 Å². The van der Waals surface area contributed by atoms with Crippen LogP contribution in [0.25, 0.3) is 22.6 Å². The molecule has 7 heteroatoms. The molecule has 140 valence electrons. The molecule has 0 saturated heterocycles. The molecule has 2 heterocycles.